The van der Waals surface area contributed by atoms with Crippen molar-refractivity contribution >= 4 is 5.82 Å². The maximum atomic E-state index is 4.36. The topological polar surface area (TPSA) is 40.7 Å². The number of nitrogens with zero attached hydrogens (tertiary/aromatic N) is 1. The second-order valence-electron chi connectivity index (χ2n) is 5.65. The first-order valence-electron chi connectivity index (χ1n) is 5.40. The highest BCUT2D eigenvalue weighted by molar-refractivity contribution is 5.54. The van der Waals surface area contributed by atoms with Gasteiger partial charge in [0, 0.05) is 22.7 Å². The maximum Gasteiger partial charge on any atom is 0.151 e. The summed E-state index contributed by atoms with van der Waals surface area (Å²) in [6.45, 7) is 6.51. The average molecular weight is 191 g/mol. The van der Waals surface area contributed by atoms with Crippen LogP contribution in [0.4, 0.5) is 5.82 Å². The van der Waals surface area contributed by atoms with Crippen LogP contribution in [0.5, 0.6) is 0 Å². The Labute approximate surface area is 84.3 Å². The first-order chi connectivity index (χ1) is 6.54. The van der Waals surface area contributed by atoms with Gasteiger partial charge in [-0.15, -0.1) is 0 Å². The standard InChI is InChI=1S/C11H17N3/c1-11(2,3)12-10-8-5-6-4-7(6)9(8)13-14-10/h6-7H,4-5H2,1-3H3,(H2,12,13,14). The van der Waals surface area contributed by atoms with Crippen molar-refractivity contribution in [3.05, 3.63) is 11.3 Å². The Balaban J connectivity index is 1.90. The summed E-state index contributed by atoms with van der Waals surface area (Å²) in [6, 6.07) is 0. The largest absolute Gasteiger partial charge is 0.364 e. The summed E-state index contributed by atoms with van der Waals surface area (Å²) in [5, 5.41) is 11.0. The molecule has 3 heteroatoms. The lowest BCUT2D eigenvalue weighted by molar-refractivity contribution is 0.628. The van der Waals surface area contributed by atoms with Gasteiger partial charge in [-0.1, -0.05) is 0 Å². The van der Waals surface area contributed by atoms with E-state index in [1.54, 1.807) is 0 Å². The van der Waals surface area contributed by atoms with Gasteiger partial charge >= 0.3 is 0 Å². The van der Waals surface area contributed by atoms with E-state index in [9.17, 15) is 0 Å². The average Bonchev–Trinajstić information content (AvgIpc) is 2.56. The lowest BCUT2D eigenvalue weighted by atomic mass is 10.1. The summed E-state index contributed by atoms with van der Waals surface area (Å²) in [6.07, 6.45) is 2.61. The third-order valence-corrected chi connectivity index (χ3v) is 3.15. The minimum Gasteiger partial charge on any atom is -0.364 e. The lowest BCUT2D eigenvalue weighted by Gasteiger charge is -2.20. The third kappa shape index (κ3) is 1.15. The van der Waals surface area contributed by atoms with E-state index in [-0.39, 0.29) is 5.54 Å². The summed E-state index contributed by atoms with van der Waals surface area (Å²) >= 11 is 0. The molecule has 2 unspecified atom stereocenters. The van der Waals surface area contributed by atoms with Crippen molar-refractivity contribution in [2.24, 2.45) is 5.92 Å². The van der Waals surface area contributed by atoms with Gasteiger partial charge in [0.1, 0.15) is 0 Å². The number of aromatic nitrogens is 2. The Morgan fingerprint density at radius 3 is 2.93 bits per heavy atom. The van der Waals surface area contributed by atoms with Crippen LogP contribution in [0.15, 0.2) is 0 Å². The molecule has 0 amide bonds. The van der Waals surface area contributed by atoms with E-state index in [2.05, 4.69) is 36.3 Å². The molecule has 0 spiro atoms. The molecule has 3 nitrogen and oxygen atoms in total. The molecule has 0 saturated heterocycles. The Bertz CT molecular complexity index is 372. The van der Waals surface area contributed by atoms with Crippen LogP contribution < -0.4 is 5.32 Å². The van der Waals surface area contributed by atoms with E-state index in [4.69, 9.17) is 0 Å². The predicted octanol–water partition coefficient (Wildman–Crippen LogP) is 2.28. The molecule has 0 radical (unpaired) electrons. The third-order valence-electron chi connectivity index (χ3n) is 3.15. The number of hydrogen-bond acceptors (Lipinski definition) is 2. The fraction of sp³-hybridized carbons (Fsp3) is 0.727. The van der Waals surface area contributed by atoms with Crippen molar-refractivity contribution in [2.75, 3.05) is 5.32 Å². The molecule has 1 heterocycles. The second-order valence-corrected chi connectivity index (χ2v) is 5.65. The molecule has 3 rings (SSSR count). The summed E-state index contributed by atoms with van der Waals surface area (Å²) in [4.78, 5) is 0. The van der Waals surface area contributed by atoms with E-state index >= 15 is 0 Å². The lowest BCUT2D eigenvalue weighted by Crippen LogP contribution is -2.26. The number of aromatic amines is 1. The van der Waals surface area contributed by atoms with Crippen molar-refractivity contribution in [1.82, 2.24) is 10.2 Å². The van der Waals surface area contributed by atoms with Gasteiger partial charge in [-0.05, 0) is 39.5 Å². The molecule has 1 aromatic rings. The van der Waals surface area contributed by atoms with Crippen LogP contribution in [0.2, 0.25) is 0 Å². The van der Waals surface area contributed by atoms with Gasteiger partial charge in [-0.2, -0.15) is 5.10 Å². The zero-order valence-electron chi connectivity index (χ0n) is 9.02. The van der Waals surface area contributed by atoms with Crippen molar-refractivity contribution in [1.29, 1.82) is 0 Å². The van der Waals surface area contributed by atoms with Crippen LogP contribution in [-0.4, -0.2) is 15.7 Å². The molecule has 1 aromatic heterocycles. The highest BCUT2D eigenvalue weighted by Crippen LogP contribution is 2.56. The summed E-state index contributed by atoms with van der Waals surface area (Å²) < 4.78 is 0. The molecule has 76 valence electrons. The highest BCUT2D eigenvalue weighted by Gasteiger charge is 2.48. The Hall–Kier alpha value is -0.990. The fourth-order valence-corrected chi connectivity index (χ4v) is 2.44. The number of H-pyrrole nitrogens is 1. The number of fused-ring (bicyclic) bond motifs is 3. The monoisotopic (exact) mass is 191 g/mol. The number of rotatable bonds is 1. The summed E-state index contributed by atoms with van der Waals surface area (Å²) in [5.74, 6) is 2.83. The van der Waals surface area contributed by atoms with E-state index in [1.165, 1.54) is 24.1 Å². The fourth-order valence-electron chi connectivity index (χ4n) is 2.44. The second kappa shape index (κ2) is 2.33. The molecule has 2 aliphatic carbocycles. The zero-order chi connectivity index (χ0) is 9.92. The number of hydrogen-bond donors (Lipinski definition) is 2. The van der Waals surface area contributed by atoms with Gasteiger partial charge in [0.25, 0.3) is 0 Å². The van der Waals surface area contributed by atoms with Crippen molar-refractivity contribution in [3.8, 4) is 0 Å². The normalized spacial score (nSPS) is 28.5. The van der Waals surface area contributed by atoms with Crippen molar-refractivity contribution < 1.29 is 0 Å². The van der Waals surface area contributed by atoms with Gasteiger partial charge in [0.05, 0.1) is 0 Å². The molecule has 0 bridgehead atoms. The smallest absolute Gasteiger partial charge is 0.151 e. The Kier molecular flexibility index (Phi) is 1.38. The molecule has 2 atom stereocenters. The van der Waals surface area contributed by atoms with E-state index in [0.29, 0.717) is 0 Å². The minimum absolute atomic E-state index is 0.107. The molecule has 1 fully saturated rings. The number of nitrogens with one attached hydrogen (secondary N) is 2. The minimum atomic E-state index is 0.107. The molecule has 2 N–H and O–H groups in total. The van der Waals surface area contributed by atoms with Gasteiger partial charge in [0.15, 0.2) is 5.82 Å². The van der Waals surface area contributed by atoms with E-state index < -0.39 is 0 Å². The summed E-state index contributed by atoms with van der Waals surface area (Å²) in [7, 11) is 0. The quantitative estimate of drug-likeness (QED) is 0.715. The van der Waals surface area contributed by atoms with Crippen molar-refractivity contribution in [2.45, 2.75) is 45.1 Å². The van der Waals surface area contributed by atoms with Gasteiger partial charge < -0.3 is 5.32 Å². The molecule has 14 heavy (non-hydrogen) atoms. The molecular weight excluding hydrogens is 174 g/mol. The SMILES string of the molecule is CC(C)(C)Nc1n[nH]c2c1CC1CC21. The van der Waals surface area contributed by atoms with Crippen LogP contribution in [0, 0.1) is 5.92 Å². The van der Waals surface area contributed by atoms with Crippen molar-refractivity contribution in [3.63, 3.8) is 0 Å². The van der Waals surface area contributed by atoms with Gasteiger partial charge in [-0.3, -0.25) is 5.10 Å². The molecule has 1 saturated carbocycles. The van der Waals surface area contributed by atoms with Crippen LogP contribution in [0.1, 0.15) is 44.4 Å². The molecule has 0 aromatic carbocycles. The van der Waals surface area contributed by atoms with Crippen LogP contribution >= 0.6 is 0 Å². The van der Waals surface area contributed by atoms with E-state index in [0.717, 1.165) is 17.7 Å². The van der Waals surface area contributed by atoms with Crippen LogP contribution in [-0.2, 0) is 6.42 Å². The van der Waals surface area contributed by atoms with Crippen LogP contribution in [0.3, 0.4) is 0 Å². The first-order valence-corrected chi connectivity index (χ1v) is 5.40. The number of anilines is 1. The Morgan fingerprint density at radius 1 is 1.43 bits per heavy atom. The van der Waals surface area contributed by atoms with Gasteiger partial charge in [0.2, 0.25) is 0 Å². The highest BCUT2D eigenvalue weighted by atomic mass is 15.2. The molecular formula is C11H17N3. The van der Waals surface area contributed by atoms with E-state index in [1.807, 2.05) is 0 Å². The molecule has 0 aliphatic heterocycles. The van der Waals surface area contributed by atoms with Gasteiger partial charge in [-0.25, -0.2) is 0 Å². The first kappa shape index (κ1) is 8.33. The van der Waals surface area contributed by atoms with Crippen LogP contribution in [0.25, 0.3) is 0 Å². The molecule has 2 aliphatic rings. The zero-order valence-corrected chi connectivity index (χ0v) is 9.02. The predicted molar refractivity (Wildman–Crippen MR) is 56.5 cm³/mol. The Morgan fingerprint density at radius 2 is 2.21 bits per heavy atom. The summed E-state index contributed by atoms with van der Waals surface area (Å²) in [5.41, 5.74) is 2.96. The maximum absolute atomic E-state index is 4.36.